The predicted molar refractivity (Wildman–Crippen MR) is 32.0 cm³/mol. The summed E-state index contributed by atoms with van der Waals surface area (Å²) in [7, 11) is 0. The van der Waals surface area contributed by atoms with Crippen LogP contribution in [0.1, 0.15) is 12.8 Å². The lowest BCUT2D eigenvalue weighted by Crippen LogP contribution is -2.19. The number of allylic oxidation sites excluding steroid dienone is 1. The van der Waals surface area contributed by atoms with Crippen molar-refractivity contribution in [3.8, 4) is 0 Å². The fraction of sp³-hybridized carbons (Fsp3) is 0.500. The molecule has 10 heavy (non-hydrogen) atoms. The van der Waals surface area contributed by atoms with Gasteiger partial charge in [0.2, 0.25) is 0 Å². The van der Waals surface area contributed by atoms with Crippen LogP contribution in [0.4, 0.5) is 8.78 Å². The van der Waals surface area contributed by atoms with E-state index in [4.69, 9.17) is 5.11 Å². The van der Waals surface area contributed by atoms with E-state index in [9.17, 15) is 13.6 Å². The molecule has 4 heteroatoms. The highest BCUT2D eigenvalue weighted by molar-refractivity contribution is 5.67. The zero-order valence-electron chi connectivity index (χ0n) is 5.31. The molecule has 0 aliphatic carbocycles. The van der Waals surface area contributed by atoms with Gasteiger partial charge in [-0.05, 0) is 0 Å². The maximum atomic E-state index is 12.2. The average Bonchev–Trinajstić information content (AvgIpc) is 1.59. The first-order valence-corrected chi connectivity index (χ1v) is 2.68. The minimum absolute atomic E-state index is 0.584. The molecule has 0 unspecified atom stereocenters. The van der Waals surface area contributed by atoms with E-state index in [1.165, 1.54) is 0 Å². The van der Waals surface area contributed by atoms with Crippen molar-refractivity contribution in [1.29, 1.82) is 0 Å². The van der Waals surface area contributed by atoms with Gasteiger partial charge in [0, 0.05) is 6.42 Å². The number of hydrogen-bond donors (Lipinski definition) is 1. The first-order valence-electron chi connectivity index (χ1n) is 2.68. The van der Waals surface area contributed by atoms with Crippen molar-refractivity contribution in [1.82, 2.24) is 0 Å². The fourth-order valence-electron chi connectivity index (χ4n) is 0.505. The Labute approximate surface area is 57.2 Å². The number of carbonyl (C=O) groups is 1. The Hall–Kier alpha value is -0.930. The van der Waals surface area contributed by atoms with E-state index in [1.807, 2.05) is 0 Å². The van der Waals surface area contributed by atoms with Crippen LogP contribution in [0.3, 0.4) is 0 Å². The Morgan fingerprint density at radius 2 is 2.20 bits per heavy atom. The van der Waals surface area contributed by atoms with Crippen molar-refractivity contribution in [3.05, 3.63) is 12.7 Å². The molecule has 0 bridgehead atoms. The summed E-state index contributed by atoms with van der Waals surface area (Å²) in [5.74, 6) is -4.64. The van der Waals surface area contributed by atoms with Crippen LogP contribution in [0.2, 0.25) is 0 Å². The van der Waals surface area contributed by atoms with Crippen molar-refractivity contribution in [3.63, 3.8) is 0 Å². The Bertz CT molecular complexity index is 143. The molecule has 0 spiro atoms. The minimum atomic E-state index is -3.15. The number of aliphatic carboxylic acids is 1. The predicted octanol–water partition coefficient (Wildman–Crippen LogP) is 1.67. The Balaban J connectivity index is 3.85. The molecule has 0 amide bonds. The molecule has 0 aliphatic heterocycles. The summed E-state index contributed by atoms with van der Waals surface area (Å²) in [6, 6.07) is 0. The second-order valence-corrected chi connectivity index (χ2v) is 1.92. The SMILES string of the molecule is C=CCC(F)(F)CC(=O)O. The third-order valence-electron chi connectivity index (χ3n) is 0.853. The molecule has 58 valence electrons. The molecule has 0 heterocycles. The molecular formula is C6H8F2O2. The van der Waals surface area contributed by atoms with Crippen LogP contribution in [-0.4, -0.2) is 17.0 Å². The smallest absolute Gasteiger partial charge is 0.309 e. The van der Waals surface area contributed by atoms with Crippen molar-refractivity contribution < 1.29 is 18.7 Å². The summed E-state index contributed by atoms with van der Waals surface area (Å²) >= 11 is 0. The second-order valence-electron chi connectivity index (χ2n) is 1.92. The monoisotopic (exact) mass is 150 g/mol. The molecule has 2 nitrogen and oxygen atoms in total. The van der Waals surface area contributed by atoms with Gasteiger partial charge < -0.3 is 5.11 Å². The molecule has 0 aromatic carbocycles. The van der Waals surface area contributed by atoms with E-state index in [0.29, 0.717) is 0 Å². The standard InChI is InChI=1S/C6H8F2O2/c1-2-3-6(7,8)4-5(9)10/h2H,1,3-4H2,(H,9,10). The molecule has 0 aliphatic rings. The minimum Gasteiger partial charge on any atom is -0.481 e. The van der Waals surface area contributed by atoms with Gasteiger partial charge in [-0.25, -0.2) is 8.78 Å². The molecule has 0 saturated heterocycles. The van der Waals surface area contributed by atoms with Crippen molar-refractivity contribution in [2.45, 2.75) is 18.8 Å². The van der Waals surface area contributed by atoms with Crippen molar-refractivity contribution in [2.75, 3.05) is 0 Å². The van der Waals surface area contributed by atoms with E-state index in [1.54, 1.807) is 0 Å². The largest absolute Gasteiger partial charge is 0.481 e. The van der Waals surface area contributed by atoms with Crippen LogP contribution in [0.25, 0.3) is 0 Å². The van der Waals surface area contributed by atoms with Crippen LogP contribution in [0.15, 0.2) is 12.7 Å². The third kappa shape index (κ3) is 4.00. The van der Waals surface area contributed by atoms with Gasteiger partial charge in [0.05, 0.1) is 0 Å². The van der Waals surface area contributed by atoms with Crippen LogP contribution in [0, 0.1) is 0 Å². The van der Waals surface area contributed by atoms with Gasteiger partial charge in [0.1, 0.15) is 6.42 Å². The highest BCUT2D eigenvalue weighted by atomic mass is 19.3. The van der Waals surface area contributed by atoms with Crippen LogP contribution in [0.5, 0.6) is 0 Å². The molecule has 1 N–H and O–H groups in total. The Morgan fingerprint density at radius 3 is 2.50 bits per heavy atom. The highest BCUT2D eigenvalue weighted by Gasteiger charge is 2.30. The second kappa shape index (κ2) is 3.29. The summed E-state index contributed by atoms with van der Waals surface area (Å²) in [5.41, 5.74) is 0. The van der Waals surface area contributed by atoms with Crippen LogP contribution in [-0.2, 0) is 4.79 Å². The molecule has 0 aromatic rings. The van der Waals surface area contributed by atoms with Gasteiger partial charge in [-0.3, -0.25) is 4.79 Å². The molecule has 0 rings (SSSR count). The average molecular weight is 150 g/mol. The lowest BCUT2D eigenvalue weighted by molar-refractivity contribution is -0.144. The summed E-state index contributed by atoms with van der Waals surface area (Å²) in [4.78, 5) is 9.78. The van der Waals surface area contributed by atoms with Gasteiger partial charge in [0.25, 0.3) is 5.92 Å². The molecule has 0 saturated carbocycles. The first kappa shape index (κ1) is 9.07. The number of rotatable bonds is 4. The molecule has 0 atom stereocenters. The first-order chi connectivity index (χ1) is 4.48. The Kier molecular flexibility index (Phi) is 2.99. The fourth-order valence-corrected chi connectivity index (χ4v) is 0.505. The van der Waals surface area contributed by atoms with E-state index < -0.39 is 24.7 Å². The highest BCUT2D eigenvalue weighted by Crippen LogP contribution is 2.22. The van der Waals surface area contributed by atoms with E-state index in [-0.39, 0.29) is 0 Å². The van der Waals surface area contributed by atoms with E-state index >= 15 is 0 Å². The lowest BCUT2D eigenvalue weighted by Gasteiger charge is -2.09. The zero-order chi connectivity index (χ0) is 8.20. The lowest BCUT2D eigenvalue weighted by atomic mass is 10.2. The molecular weight excluding hydrogens is 142 g/mol. The zero-order valence-corrected chi connectivity index (χ0v) is 5.31. The normalized spacial score (nSPS) is 11.0. The summed E-state index contributed by atoms with van der Waals surface area (Å²) in [5, 5.41) is 7.96. The summed E-state index contributed by atoms with van der Waals surface area (Å²) in [6.45, 7) is 3.08. The number of halogens is 2. The number of hydrogen-bond acceptors (Lipinski definition) is 1. The van der Waals surface area contributed by atoms with Gasteiger partial charge in [0.15, 0.2) is 0 Å². The van der Waals surface area contributed by atoms with Gasteiger partial charge in [-0.15, -0.1) is 6.58 Å². The van der Waals surface area contributed by atoms with Crippen LogP contribution >= 0.6 is 0 Å². The maximum Gasteiger partial charge on any atom is 0.309 e. The molecule has 0 fully saturated rings. The topological polar surface area (TPSA) is 37.3 Å². The summed E-state index contributed by atoms with van der Waals surface area (Å²) in [6.07, 6.45) is -0.707. The number of carboxylic acid groups (broad SMARTS) is 1. The van der Waals surface area contributed by atoms with Crippen molar-refractivity contribution in [2.24, 2.45) is 0 Å². The summed E-state index contributed by atoms with van der Waals surface area (Å²) < 4.78 is 24.4. The van der Waals surface area contributed by atoms with Gasteiger partial charge >= 0.3 is 5.97 Å². The van der Waals surface area contributed by atoms with Gasteiger partial charge in [-0.2, -0.15) is 0 Å². The number of carboxylic acids is 1. The Morgan fingerprint density at radius 1 is 1.70 bits per heavy atom. The quantitative estimate of drug-likeness (QED) is 0.619. The third-order valence-corrected chi connectivity index (χ3v) is 0.853. The molecule has 0 radical (unpaired) electrons. The number of alkyl halides is 2. The van der Waals surface area contributed by atoms with E-state index in [0.717, 1.165) is 6.08 Å². The van der Waals surface area contributed by atoms with Crippen LogP contribution < -0.4 is 0 Å². The molecule has 0 aromatic heterocycles. The van der Waals surface area contributed by atoms with E-state index in [2.05, 4.69) is 6.58 Å². The van der Waals surface area contributed by atoms with Crippen molar-refractivity contribution >= 4 is 5.97 Å². The van der Waals surface area contributed by atoms with Gasteiger partial charge in [-0.1, -0.05) is 6.08 Å². The maximum absolute atomic E-state index is 12.2.